The van der Waals surface area contributed by atoms with E-state index in [2.05, 4.69) is 11.7 Å². The number of halogens is 2. The SMILES string of the molecule is CCCCOC(C)=O.ClCCl. The number of hydrogen-bond donors (Lipinski definition) is 0. The summed E-state index contributed by atoms with van der Waals surface area (Å²) in [7, 11) is 0. The van der Waals surface area contributed by atoms with Gasteiger partial charge in [0.15, 0.2) is 0 Å². The molecule has 0 spiro atoms. The standard InChI is InChI=1S/C6H12O2.CH2Cl2/c1-3-4-5-8-6(2)7;2-1-3/h3-5H2,1-2H3;1H2. The smallest absolute Gasteiger partial charge is 0.302 e. The van der Waals surface area contributed by atoms with Gasteiger partial charge in [0.2, 0.25) is 0 Å². The molecule has 2 nitrogen and oxygen atoms in total. The van der Waals surface area contributed by atoms with E-state index in [-0.39, 0.29) is 11.3 Å². The lowest BCUT2D eigenvalue weighted by Crippen LogP contribution is -1.99. The van der Waals surface area contributed by atoms with Crippen LogP contribution in [0.2, 0.25) is 0 Å². The molecule has 0 saturated heterocycles. The Morgan fingerprint density at radius 2 is 1.91 bits per heavy atom. The first-order valence-corrected chi connectivity index (χ1v) is 4.51. The van der Waals surface area contributed by atoms with Crippen molar-refractivity contribution in [3.05, 3.63) is 0 Å². The highest BCUT2D eigenvalue weighted by atomic mass is 35.5. The van der Waals surface area contributed by atoms with Gasteiger partial charge in [0.25, 0.3) is 0 Å². The van der Waals surface area contributed by atoms with Crippen LogP contribution in [0.5, 0.6) is 0 Å². The minimum atomic E-state index is -0.182. The molecule has 0 unspecified atom stereocenters. The Hall–Kier alpha value is 0.0500. The minimum Gasteiger partial charge on any atom is -0.466 e. The molecule has 0 aromatic rings. The summed E-state index contributed by atoms with van der Waals surface area (Å²) in [4.78, 5) is 10.1. The van der Waals surface area contributed by atoms with Gasteiger partial charge in [0, 0.05) is 6.92 Å². The van der Waals surface area contributed by atoms with Gasteiger partial charge in [-0.05, 0) is 6.42 Å². The molecule has 0 N–H and O–H groups in total. The third-order valence-electron chi connectivity index (χ3n) is 0.803. The minimum absolute atomic E-state index is 0.182. The van der Waals surface area contributed by atoms with Crippen LogP contribution < -0.4 is 0 Å². The zero-order chi connectivity index (χ0) is 9.11. The van der Waals surface area contributed by atoms with Gasteiger partial charge in [-0.1, -0.05) is 13.3 Å². The van der Waals surface area contributed by atoms with Crippen LogP contribution in [-0.2, 0) is 9.53 Å². The van der Waals surface area contributed by atoms with Crippen molar-refractivity contribution in [3.63, 3.8) is 0 Å². The van der Waals surface area contributed by atoms with Crippen LogP contribution in [0.1, 0.15) is 26.7 Å². The summed E-state index contributed by atoms with van der Waals surface area (Å²) in [5.41, 5.74) is 0. The van der Waals surface area contributed by atoms with Gasteiger partial charge < -0.3 is 4.74 Å². The Bertz CT molecular complexity index is 86.5. The number of esters is 1. The van der Waals surface area contributed by atoms with Crippen molar-refractivity contribution in [2.24, 2.45) is 0 Å². The molecule has 0 amide bonds. The van der Waals surface area contributed by atoms with Crippen LogP contribution in [0.15, 0.2) is 0 Å². The quantitative estimate of drug-likeness (QED) is 0.398. The summed E-state index contributed by atoms with van der Waals surface area (Å²) in [6.07, 6.45) is 2.05. The van der Waals surface area contributed by atoms with E-state index in [9.17, 15) is 4.79 Å². The molecular weight excluding hydrogens is 187 g/mol. The van der Waals surface area contributed by atoms with E-state index < -0.39 is 0 Å². The van der Waals surface area contributed by atoms with Crippen LogP contribution >= 0.6 is 23.2 Å². The first-order chi connectivity index (χ1) is 5.18. The van der Waals surface area contributed by atoms with E-state index in [4.69, 9.17) is 23.2 Å². The number of carbonyl (C=O) groups is 1. The summed E-state index contributed by atoms with van der Waals surface area (Å²) in [6.45, 7) is 4.06. The normalized spacial score (nSPS) is 8.00. The number of unbranched alkanes of at least 4 members (excludes halogenated alkanes) is 1. The Kier molecular flexibility index (Phi) is 15.7. The average molecular weight is 201 g/mol. The second-order valence-corrected chi connectivity index (χ2v) is 2.60. The third-order valence-corrected chi connectivity index (χ3v) is 0.803. The Balaban J connectivity index is 0. The molecule has 0 aliphatic rings. The van der Waals surface area contributed by atoms with Crippen LogP contribution in [0.25, 0.3) is 0 Å². The second-order valence-electron chi connectivity index (χ2n) is 1.79. The largest absolute Gasteiger partial charge is 0.466 e. The van der Waals surface area contributed by atoms with Crippen molar-refractivity contribution in [1.29, 1.82) is 0 Å². The van der Waals surface area contributed by atoms with Crippen LogP contribution in [0, 0.1) is 0 Å². The fourth-order valence-electron chi connectivity index (χ4n) is 0.360. The predicted molar refractivity (Wildman–Crippen MR) is 48.1 cm³/mol. The molecule has 0 saturated carbocycles. The van der Waals surface area contributed by atoms with Gasteiger partial charge in [-0.2, -0.15) is 0 Å². The number of hydrogen-bond acceptors (Lipinski definition) is 2. The molecule has 11 heavy (non-hydrogen) atoms. The van der Waals surface area contributed by atoms with E-state index in [1.807, 2.05) is 0 Å². The summed E-state index contributed by atoms with van der Waals surface area (Å²) in [5.74, 6) is -0.182. The molecule has 0 aromatic carbocycles. The van der Waals surface area contributed by atoms with Crippen molar-refractivity contribution in [1.82, 2.24) is 0 Å². The summed E-state index contributed by atoms with van der Waals surface area (Å²) in [6, 6.07) is 0. The molecular formula is C7H14Cl2O2. The summed E-state index contributed by atoms with van der Waals surface area (Å²) < 4.78 is 4.64. The fourth-order valence-corrected chi connectivity index (χ4v) is 0.360. The van der Waals surface area contributed by atoms with Gasteiger partial charge in [0.1, 0.15) is 0 Å². The number of alkyl halides is 2. The first-order valence-electron chi connectivity index (χ1n) is 3.44. The van der Waals surface area contributed by atoms with Crippen LogP contribution in [0.4, 0.5) is 0 Å². The van der Waals surface area contributed by atoms with Crippen molar-refractivity contribution in [2.45, 2.75) is 26.7 Å². The Labute approximate surface area is 77.8 Å². The van der Waals surface area contributed by atoms with E-state index in [0.717, 1.165) is 12.8 Å². The number of ether oxygens (including phenoxy) is 1. The third kappa shape index (κ3) is 25.5. The van der Waals surface area contributed by atoms with Crippen molar-refractivity contribution in [2.75, 3.05) is 11.9 Å². The molecule has 0 bridgehead atoms. The number of carbonyl (C=O) groups excluding carboxylic acids is 1. The molecule has 4 heteroatoms. The summed E-state index contributed by atoms with van der Waals surface area (Å²) in [5, 5.41) is 0.194. The highest BCUT2D eigenvalue weighted by Crippen LogP contribution is 1.86. The average Bonchev–Trinajstić information content (AvgIpc) is 1.89. The van der Waals surface area contributed by atoms with Crippen LogP contribution in [0.3, 0.4) is 0 Å². The van der Waals surface area contributed by atoms with Gasteiger partial charge in [0.05, 0.1) is 11.9 Å². The summed E-state index contributed by atoms with van der Waals surface area (Å²) >= 11 is 9.53. The maximum atomic E-state index is 10.1. The van der Waals surface area contributed by atoms with Gasteiger partial charge in [-0.15, -0.1) is 23.2 Å². The first kappa shape index (κ1) is 13.6. The molecule has 0 rings (SSSR count). The zero-order valence-corrected chi connectivity index (χ0v) is 8.41. The lowest BCUT2D eigenvalue weighted by atomic mass is 10.4. The molecule has 0 aromatic heterocycles. The van der Waals surface area contributed by atoms with Crippen molar-refractivity contribution in [3.8, 4) is 0 Å². The molecule has 0 radical (unpaired) electrons. The van der Waals surface area contributed by atoms with E-state index in [0.29, 0.717) is 6.61 Å². The van der Waals surface area contributed by atoms with Crippen LogP contribution in [-0.4, -0.2) is 17.9 Å². The highest BCUT2D eigenvalue weighted by molar-refractivity contribution is 6.40. The van der Waals surface area contributed by atoms with Crippen molar-refractivity contribution >= 4 is 29.2 Å². The Morgan fingerprint density at radius 3 is 2.18 bits per heavy atom. The lowest BCUT2D eigenvalue weighted by molar-refractivity contribution is -0.141. The van der Waals surface area contributed by atoms with E-state index in [1.165, 1.54) is 6.92 Å². The van der Waals surface area contributed by atoms with E-state index in [1.54, 1.807) is 0 Å². The molecule has 0 heterocycles. The van der Waals surface area contributed by atoms with E-state index >= 15 is 0 Å². The lowest BCUT2D eigenvalue weighted by Gasteiger charge is -1.96. The van der Waals surface area contributed by atoms with Gasteiger partial charge >= 0.3 is 5.97 Å². The highest BCUT2D eigenvalue weighted by Gasteiger charge is 1.88. The monoisotopic (exact) mass is 200 g/mol. The predicted octanol–water partition coefficient (Wildman–Crippen LogP) is 2.77. The zero-order valence-electron chi connectivity index (χ0n) is 6.90. The fraction of sp³-hybridized carbons (Fsp3) is 0.857. The molecule has 0 aliphatic carbocycles. The van der Waals surface area contributed by atoms with Crippen molar-refractivity contribution < 1.29 is 9.53 Å². The molecule has 68 valence electrons. The topological polar surface area (TPSA) is 26.3 Å². The Morgan fingerprint density at radius 1 is 1.45 bits per heavy atom. The van der Waals surface area contributed by atoms with Gasteiger partial charge in [-0.25, -0.2) is 0 Å². The number of rotatable bonds is 3. The molecule has 0 fully saturated rings. The molecule has 0 atom stereocenters. The molecule has 0 aliphatic heterocycles. The van der Waals surface area contributed by atoms with Gasteiger partial charge in [-0.3, -0.25) is 4.79 Å². The maximum Gasteiger partial charge on any atom is 0.302 e. The second kappa shape index (κ2) is 12.7. The maximum absolute atomic E-state index is 10.1.